The summed E-state index contributed by atoms with van der Waals surface area (Å²) in [6.45, 7) is 0.858. The van der Waals surface area contributed by atoms with Gasteiger partial charge in [-0.2, -0.15) is 9.97 Å². The van der Waals surface area contributed by atoms with E-state index >= 15 is 0 Å². The molecule has 3 N–H and O–H groups in total. The first-order valence-corrected chi connectivity index (χ1v) is 10.6. The summed E-state index contributed by atoms with van der Waals surface area (Å²) in [5.74, 6) is 1.79. The molecule has 3 aromatic rings. The lowest BCUT2D eigenvalue weighted by molar-refractivity contribution is 0.120. The highest BCUT2D eigenvalue weighted by atomic mass is 35.5. The second kappa shape index (κ2) is 8.54. The van der Waals surface area contributed by atoms with E-state index in [0.29, 0.717) is 35.8 Å². The van der Waals surface area contributed by atoms with Gasteiger partial charge in [-0.05, 0) is 48.1 Å². The highest BCUT2D eigenvalue weighted by Gasteiger charge is 2.23. The molecule has 0 saturated heterocycles. The number of aromatic nitrogens is 4. The van der Waals surface area contributed by atoms with E-state index in [-0.39, 0.29) is 29.9 Å². The molecule has 3 heterocycles. The monoisotopic (exact) mass is 456 g/mol. The molecule has 5 rings (SSSR count). The third-order valence-electron chi connectivity index (χ3n) is 5.50. The van der Waals surface area contributed by atoms with Crippen LogP contribution < -0.4 is 20.5 Å². The van der Waals surface area contributed by atoms with Gasteiger partial charge in [0.25, 0.3) is 0 Å². The highest BCUT2D eigenvalue weighted by Crippen LogP contribution is 2.33. The Bertz CT molecular complexity index is 1200. The number of hydrogen-bond acceptors (Lipinski definition) is 8. The Hall–Kier alpha value is -3.53. The van der Waals surface area contributed by atoms with Gasteiger partial charge in [0.15, 0.2) is 23.0 Å². The largest absolute Gasteiger partial charge is 0.454 e. The van der Waals surface area contributed by atoms with Gasteiger partial charge in [0.05, 0.1) is 19.0 Å². The lowest BCUT2D eigenvalue weighted by Gasteiger charge is -2.25. The number of nitrogen functional groups attached to an aromatic ring is 1. The number of nitrogens with two attached hydrogens (primary N) is 1. The molecule has 0 bridgehead atoms. The number of alkyl carbamates (subject to hydrolysis) is 1. The lowest BCUT2D eigenvalue weighted by atomic mass is 9.91. The predicted octanol–water partition coefficient (Wildman–Crippen LogP) is 3.22. The molecule has 2 aliphatic rings. The van der Waals surface area contributed by atoms with Crippen LogP contribution in [0.25, 0.3) is 11.2 Å². The minimum atomic E-state index is -0.464. The van der Waals surface area contributed by atoms with Gasteiger partial charge in [-0.15, -0.1) is 0 Å². The van der Waals surface area contributed by atoms with Crippen LogP contribution in [0, 0.1) is 5.92 Å². The fourth-order valence-electron chi connectivity index (χ4n) is 3.91. The maximum atomic E-state index is 12.2. The van der Waals surface area contributed by atoms with Gasteiger partial charge < -0.3 is 29.8 Å². The molecule has 11 heteroatoms. The number of rotatable bonds is 5. The second-order valence-corrected chi connectivity index (χ2v) is 8.01. The average Bonchev–Trinajstić information content (AvgIpc) is 3.43. The van der Waals surface area contributed by atoms with Crippen molar-refractivity contribution in [2.24, 2.45) is 5.92 Å². The standard InChI is InChI=1S/C21H21ClN6O4/c22-20-26-18(23)17-19(27-20)28(10-25-17)14-3-1-2-13(6-14)9-30-21(29)24-8-12-4-5-15-16(7-12)32-11-31-15/h1,3-5,7,10,13-14H,2,6,8-9,11H2,(H,24,29)(H2,23,26,27)/t13-,14+/m1/s1. The molecule has 1 aliphatic carbocycles. The van der Waals surface area contributed by atoms with Crippen molar-refractivity contribution in [3.05, 3.63) is 47.5 Å². The molecule has 2 atom stereocenters. The molecular formula is C21H21ClN6O4. The van der Waals surface area contributed by atoms with E-state index in [0.717, 1.165) is 18.4 Å². The van der Waals surface area contributed by atoms with Crippen LogP contribution in [0.4, 0.5) is 10.6 Å². The summed E-state index contributed by atoms with van der Waals surface area (Å²) in [7, 11) is 0. The number of nitrogens with zero attached hydrogens (tertiary/aromatic N) is 4. The Morgan fingerprint density at radius 1 is 1.31 bits per heavy atom. The van der Waals surface area contributed by atoms with E-state index in [1.54, 1.807) is 6.33 Å². The van der Waals surface area contributed by atoms with Gasteiger partial charge in [0.1, 0.15) is 5.52 Å². The van der Waals surface area contributed by atoms with Crippen LogP contribution in [0.2, 0.25) is 5.28 Å². The molecule has 2 aromatic heterocycles. The van der Waals surface area contributed by atoms with Gasteiger partial charge in [0, 0.05) is 6.54 Å². The summed E-state index contributed by atoms with van der Waals surface area (Å²) in [4.78, 5) is 24.7. The number of carbonyl (C=O) groups is 1. The van der Waals surface area contributed by atoms with E-state index in [1.165, 1.54) is 0 Å². The molecule has 166 valence electrons. The molecule has 0 spiro atoms. The van der Waals surface area contributed by atoms with Crippen molar-refractivity contribution < 1.29 is 19.0 Å². The Kier molecular flexibility index (Phi) is 5.44. The molecule has 1 amide bonds. The summed E-state index contributed by atoms with van der Waals surface area (Å²) in [5.41, 5.74) is 7.90. The summed E-state index contributed by atoms with van der Waals surface area (Å²) < 4.78 is 18.0. The van der Waals surface area contributed by atoms with E-state index in [2.05, 4.69) is 32.4 Å². The van der Waals surface area contributed by atoms with Gasteiger partial charge in [-0.1, -0.05) is 18.2 Å². The fourth-order valence-corrected chi connectivity index (χ4v) is 4.08. The number of carbonyl (C=O) groups excluding carboxylic acids is 1. The summed E-state index contributed by atoms with van der Waals surface area (Å²) in [6, 6.07) is 5.55. The Morgan fingerprint density at radius 3 is 3.09 bits per heavy atom. The number of amides is 1. The van der Waals surface area contributed by atoms with E-state index < -0.39 is 6.09 Å². The topological polar surface area (TPSA) is 126 Å². The summed E-state index contributed by atoms with van der Waals surface area (Å²) >= 11 is 5.97. The van der Waals surface area contributed by atoms with Crippen molar-refractivity contribution >= 4 is 34.7 Å². The third kappa shape index (κ3) is 4.13. The first kappa shape index (κ1) is 20.4. The SMILES string of the molecule is Nc1nc(Cl)nc2c1ncn2[C@H]1C=CC[C@@H](COC(=O)NCc2ccc3c(c2)OCO3)C1. The Morgan fingerprint density at radius 2 is 2.19 bits per heavy atom. The number of hydrogen-bond donors (Lipinski definition) is 2. The van der Waals surface area contributed by atoms with Crippen molar-refractivity contribution in [3.8, 4) is 11.5 Å². The maximum Gasteiger partial charge on any atom is 0.407 e. The normalized spacial score (nSPS) is 19.3. The van der Waals surface area contributed by atoms with Crippen LogP contribution in [0.5, 0.6) is 11.5 Å². The molecule has 0 saturated carbocycles. The molecule has 0 radical (unpaired) electrons. The minimum Gasteiger partial charge on any atom is -0.454 e. The molecule has 32 heavy (non-hydrogen) atoms. The highest BCUT2D eigenvalue weighted by molar-refractivity contribution is 6.28. The van der Waals surface area contributed by atoms with Crippen molar-refractivity contribution in [2.75, 3.05) is 19.1 Å². The lowest BCUT2D eigenvalue weighted by Crippen LogP contribution is -2.27. The fraction of sp³-hybridized carbons (Fsp3) is 0.333. The van der Waals surface area contributed by atoms with Crippen LogP contribution in [-0.4, -0.2) is 39.0 Å². The van der Waals surface area contributed by atoms with Crippen LogP contribution in [0.1, 0.15) is 24.4 Å². The smallest absolute Gasteiger partial charge is 0.407 e. The Labute approximate surface area is 188 Å². The molecule has 1 aliphatic heterocycles. The zero-order valence-corrected chi connectivity index (χ0v) is 17.8. The minimum absolute atomic E-state index is 0.00408. The molecule has 10 nitrogen and oxygen atoms in total. The number of benzene rings is 1. The summed E-state index contributed by atoms with van der Waals surface area (Å²) in [5, 5.41) is 2.85. The van der Waals surface area contributed by atoms with Gasteiger partial charge >= 0.3 is 6.09 Å². The Balaban J connectivity index is 1.16. The van der Waals surface area contributed by atoms with E-state index in [4.69, 9.17) is 31.5 Å². The molecule has 0 unspecified atom stereocenters. The van der Waals surface area contributed by atoms with Gasteiger partial charge in [-0.25, -0.2) is 9.78 Å². The van der Waals surface area contributed by atoms with Crippen LogP contribution in [0.15, 0.2) is 36.7 Å². The van der Waals surface area contributed by atoms with Crippen LogP contribution in [0.3, 0.4) is 0 Å². The van der Waals surface area contributed by atoms with Crippen LogP contribution in [-0.2, 0) is 11.3 Å². The number of nitrogens with one attached hydrogen (secondary N) is 1. The van der Waals surface area contributed by atoms with Crippen molar-refractivity contribution in [3.63, 3.8) is 0 Å². The number of halogens is 1. The zero-order chi connectivity index (χ0) is 22.1. The molecular weight excluding hydrogens is 436 g/mol. The van der Waals surface area contributed by atoms with E-state index in [1.807, 2.05) is 22.8 Å². The first-order valence-electron chi connectivity index (χ1n) is 10.2. The third-order valence-corrected chi connectivity index (χ3v) is 5.67. The number of fused-ring (bicyclic) bond motifs is 2. The van der Waals surface area contributed by atoms with Gasteiger partial charge in [-0.3, -0.25) is 0 Å². The zero-order valence-electron chi connectivity index (χ0n) is 17.0. The first-order chi connectivity index (χ1) is 15.6. The van der Waals surface area contributed by atoms with E-state index in [9.17, 15) is 4.79 Å². The molecule has 1 aromatic carbocycles. The van der Waals surface area contributed by atoms with Crippen molar-refractivity contribution in [2.45, 2.75) is 25.4 Å². The number of anilines is 1. The molecule has 0 fully saturated rings. The van der Waals surface area contributed by atoms with Crippen LogP contribution >= 0.6 is 11.6 Å². The second-order valence-electron chi connectivity index (χ2n) is 7.67. The number of ether oxygens (including phenoxy) is 3. The predicted molar refractivity (Wildman–Crippen MR) is 116 cm³/mol. The van der Waals surface area contributed by atoms with Crippen molar-refractivity contribution in [1.29, 1.82) is 0 Å². The number of imidazole rings is 1. The van der Waals surface area contributed by atoms with Gasteiger partial charge in [0.2, 0.25) is 12.1 Å². The van der Waals surface area contributed by atoms with Crippen molar-refractivity contribution in [1.82, 2.24) is 24.8 Å². The summed E-state index contributed by atoms with van der Waals surface area (Å²) in [6.07, 6.45) is 6.96. The quantitative estimate of drug-likeness (QED) is 0.442. The number of allylic oxidation sites excluding steroid dienone is 2. The average molecular weight is 457 g/mol. The maximum absolute atomic E-state index is 12.2.